The number of hydrogen-bond acceptors (Lipinski definition) is 5. The highest BCUT2D eigenvalue weighted by atomic mass is 16.5. The average Bonchev–Trinajstić information content (AvgIpc) is 3.29. The lowest BCUT2D eigenvalue weighted by molar-refractivity contribution is 0.317. The quantitative estimate of drug-likeness (QED) is 0.446. The van der Waals surface area contributed by atoms with Gasteiger partial charge in [-0.15, -0.1) is 0 Å². The maximum Gasteiger partial charge on any atom is 0.294 e. The molecule has 0 radical (unpaired) electrons. The number of nitrogens with zero attached hydrogens (tertiary/aromatic N) is 3. The highest BCUT2D eigenvalue weighted by Gasteiger charge is 2.18. The van der Waals surface area contributed by atoms with Crippen molar-refractivity contribution in [3.63, 3.8) is 0 Å². The van der Waals surface area contributed by atoms with Crippen LogP contribution in [0, 0.1) is 13.8 Å². The summed E-state index contributed by atoms with van der Waals surface area (Å²) in [4.78, 5) is 12.5. The molecule has 0 saturated carbocycles. The maximum atomic E-state index is 5.64. The Labute approximate surface area is 167 Å². The van der Waals surface area contributed by atoms with Crippen LogP contribution in [-0.4, -0.2) is 26.7 Å². The van der Waals surface area contributed by atoms with Gasteiger partial charge in [0.05, 0.1) is 23.3 Å². The molecule has 6 heteroatoms. The van der Waals surface area contributed by atoms with Gasteiger partial charge in [-0.3, -0.25) is 4.98 Å². The number of rotatable bonds is 4. The number of pyridine rings is 1. The van der Waals surface area contributed by atoms with E-state index < -0.39 is 0 Å². The van der Waals surface area contributed by atoms with E-state index in [-0.39, 0.29) is 0 Å². The molecule has 3 aromatic heterocycles. The molecule has 6 nitrogen and oxygen atoms in total. The van der Waals surface area contributed by atoms with Crippen molar-refractivity contribution in [2.24, 2.45) is 0 Å². The second kappa shape index (κ2) is 6.74. The minimum absolute atomic E-state index is 0.512. The summed E-state index contributed by atoms with van der Waals surface area (Å²) in [7, 11) is 0. The van der Waals surface area contributed by atoms with Crippen molar-refractivity contribution in [3.05, 3.63) is 60.1 Å². The molecule has 1 N–H and O–H groups in total. The Kier molecular flexibility index (Phi) is 4.05. The maximum absolute atomic E-state index is 5.64. The molecule has 0 unspecified atom stereocenters. The van der Waals surface area contributed by atoms with Crippen molar-refractivity contribution in [1.82, 2.24) is 20.1 Å². The molecule has 0 aliphatic rings. The van der Waals surface area contributed by atoms with Crippen molar-refractivity contribution in [2.75, 3.05) is 6.61 Å². The summed E-state index contributed by atoms with van der Waals surface area (Å²) >= 11 is 0. The molecular formula is C23H20N4O2. The van der Waals surface area contributed by atoms with E-state index in [1.807, 2.05) is 45.2 Å². The van der Waals surface area contributed by atoms with E-state index in [0.29, 0.717) is 12.6 Å². The third-order valence-electron chi connectivity index (χ3n) is 5.10. The van der Waals surface area contributed by atoms with E-state index >= 15 is 0 Å². The number of aromatic amines is 1. The molecule has 5 aromatic rings. The minimum atomic E-state index is 0.512. The molecule has 0 fully saturated rings. The number of nitrogens with one attached hydrogen (secondary N) is 1. The number of benzene rings is 2. The van der Waals surface area contributed by atoms with Crippen LogP contribution in [0.1, 0.15) is 18.4 Å². The van der Waals surface area contributed by atoms with Gasteiger partial charge in [-0.05, 0) is 56.2 Å². The van der Waals surface area contributed by atoms with E-state index in [2.05, 4.69) is 39.4 Å². The van der Waals surface area contributed by atoms with E-state index in [1.54, 1.807) is 0 Å². The van der Waals surface area contributed by atoms with Crippen LogP contribution in [-0.2, 0) is 0 Å². The molecule has 0 atom stereocenters. The number of aryl methyl sites for hydroxylation is 2. The molecule has 0 saturated heterocycles. The largest absolute Gasteiger partial charge is 0.465 e. The zero-order valence-electron chi connectivity index (χ0n) is 16.5. The summed E-state index contributed by atoms with van der Waals surface area (Å²) < 4.78 is 11.0. The lowest BCUT2D eigenvalue weighted by atomic mass is 9.94. The van der Waals surface area contributed by atoms with Crippen molar-refractivity contribution in [2.45, 2.75) is 20.8 Å². The van der Waals surface area contributed by atoms with Crippen LogP contribution in [0.3, 0.4) is 0 Å². The zero-order chi connectivity index (χ0) is 20.0. The van der Waals surface area contributed by atoms with Crippen LogP contribution in [0.15, 0.2) is 53.2 Å². The number of H-pyrrole nitrogens is 1. The number of hydrogen-bond donors (Lipinski definition) is 1. The topological polar surface area (TPSA) is 76.8 Å². The molecule has 0 bridgehead atoms. The normalized spacial score (nSPS) is 11.4. The Bertz CT molecular complexity index is 1330. The molecule has 3 heterocycles. The first-order valence-electron chi connectivity index (χ1n) is 9.59. The molecule has 0 amide bonds. The van der Waals surface area contributed by atoms with Gasteiger partial charge < -0.3 is 14.2 Å². The first-order valence-corrected chi connectivity index (χ1v) is 9.59. The van der Waals surface area contributed by atoms with Crippen molar-refractivity contribution < 1.29 is 9.26 Å². The van der Waals surface area contributed by atoms with E-state index in [4.69, 9.17) is 14.2 Å². The summed E-state index contributed by atoms with van der Waals surface area (Å²) in [5.74, 6) is 0.789. The molecule has 2 aromatic carbocycles. The lowest BCUT2D eigenvalue weighted by Crippen LogP contribution is -1.92. The molecule has 5 rings (SSSR count). The van der Waals surface area contributed by atoms with Gasteiger partial charge in [0, 0.05) is 22.7 Å². The van der Waals surface area contributed by atoms with Gasteiger partial charge in [-0.25, -0.2) is 0 Å². The van der Waals surface area contributed by atoms with Crippen LogP contribution in [0.2, 0.25) is 0 Å². The third-order valence-corrected chi connectivity index (χ3v) is 5.10. The van der Waals surface area contributed by atoms with Gasteiger partial charge in [0.1, 0.15) is 11.3 Å². The molecule has 29 heavy (non-hydrogen) atoms. The Morgan fingerprint density at radius 2 is 1.97 bits per heavy atom. The number of ether oxygens (including phenoxy) is 1. The van der Waals surface area contributed by atoms with Gasteiger partial charge in [-0.1, -0.05) is 23.4 Å². The summed E-state index contributed by atoms with van der Waals surface area (Å²) in [6.45, 7) is 6.37. The number of aromatic nitrogens is 4. The highest BCUT2D eigenvalue weighted by molar-refractivity contribution is 6.04. The van der Waals surface area contributed by atoms with Gasteiger partial charge in [0.15, 0.2) is 0 Å². The smallest absolute Gasteiger partial charge is 0.294 e. The minimum Gasteiger partial charge on any atom is -0.465 e. The lowest BCUT2D eigenvalue weighted by Gasteiger charge is -2.10. The summed E-state index contributed by atoms with van der Waals surface area (Å²) in [5.41, 5.74) is 7.68. The standard InChI is InChI=1S/C23H20N4O2/c1-4-28-23-25-20-12-15(21-13(2)27-29-14(21)3)11-18(22(20)26-23)16-7-5-9-19-17(16)8-6-10-24-19/h5-12H,4H2,1-3H3,(H,25,26). The van der Waals surface area contributed by atoms with Crippen molar-refractivity contribution in [1.29, 1.82) is 0 Å². The predicted octanol–water partition coefficient (Wildman–Crippen LogP) is 5.45. The van der Waals surface area contributed by atoms with Crippen molar-refractivity contribution in [3.8, 4) is 28.3 Å². The molecular weight excluding hydrogens is 364 g/mol. The van der Waals surface area contributed by atoms with E-state index in [1.165, 1.54) is 0 Å². The second-order valence-corrected chi connectivity index (χ2v) is 6.97. The molecule has 0 aliphatic heterocycles. The predicted molar refractivity (Wildman–Crippen MR) is 113 cm³/mol. The van der Waals surface area contributed by atoms with E-state index in [9.17, 15) is 0 Å². The van der Waals surface area contributed by atoms with Crippen LogP contribution in [0.5, 0.6) is 6.01 Å². The second-order valence-electron chi connectivity index (χ2n) is 6.97. The summed E-state index contributed by atoms with van der Waals surface area (Å²) in [6, 6.07) is 14.9. The third kappa shape index (κ3) is 2.84. The Hall–Kier alpha value is -3.67. The fourth-order valence-electron chi connectivity index (χ4n) is 3.88. The van der Waals surface area contributed by atoms with Gasteiger partial charge in [-0.2, -0.15) is 4.98 Å². The first kappa shape index (κ1) is 17.4. The number of fused-ring (bicyclic) bond motifs is 2. The van der Waals surface area contributed by atoms with Gasteiger partial charge >= 0.3 is 0 Å². The van der Waals surface area contributed by atoms with Crippen LogP contribution >= 0.6 is 0 Å². The first-order chi connectivity index (χ1) is 14.2. The summed E-state index contributed by atoms with van der Waals surface area (Å²) in [5, 5.41) is 5.20. The highest BCUT2D eigenvalue weighted by Crippen LogP contribution is 2.38. The Morgan fingerprint density at radius 1 is 1.07 bits per heavy atom. The fourth-order valence-corrected chi connectivity index (χ4v) is 3.88. The fraction of sp³-hybridized carbons (Fsp3) is 0.174. The van der Waals surface area contributed by atoms with Gasteiger partial charge in [0.25, 0.3) is 6.01 Å². The number of imidazole rings is 1. The van der Waals surface area contributed by atoms with Gasteiger partial charge in [0.2, 0.25) is 0 Å². The van der Waals surface area contributed by atoms with Crippen molar-refractivity contribution >= 4 is 21.9 Å². The Morgan fingerprint density at radius 3 is 2.76 bits per heavy atom. The monoisotopic (exact) mass is 384 g/mol. The van der Waals surface area contributed by atoms with Crippen LogP contribution < -0.4 is 4.74 Å². The molecule has 0 spiro atoms. The van der Waals surface area contributed by atoms with E-state index in [0.717, 1.165) is 55.6 Å². The zero-order valence-corrected chi connectivity index (χ0v) is 16.5. The summed E-state index contributed by atoms with van der Waals surface area (Å²) in [6.07, 6.45) is 1.81. The molecule has 0 aliphatic carbocycles. The Balaban J connectivity index is 1.85. The SMILES string of the molecule is CCOc1nc2c(-c3cccc4ncccc34)cc(-c3c(C)noc3C)cc2[nH]1. The molecule has 144 valence electrons. The van der Waals surface area contributed by atoms with Crippen LogP contribution in [0.25, 0.3) is 44.2 Å². The average molecular weight is 384 g/mol. The van der Waals surface area contributed by atoms with Crippen LogP contribution in [0.4, 0.5) is 0 Å².